The number of aromatic nitrogens is 4. The highest BCUT2D eigenvalue weighted by atomic mass is 32.1. The molecule has 3 aromatic heterocycles. The van der Waals surface area contributed by atoms with E-state index < -0.39 is 0 Å². The average Bonchev–Trinajstić information content (AvgIpc) is 3.71. The van der Waals surface area contributed by atoms with Gasteiger partial charge in [-0.15, -0.1) is 11.3 Å². The summed E-state index contributed by atoms with van der Waals surface area (Å²) in [6.45, 7) is 4.63. The zero-order valence-electron chi connectivity index (χ0n) is 21.6. The topological polar surface area (TPSA) is 88.3 Å². The van der Waals surface area contributed by atoms with Crippen LogP contribution in [0.5, 0.6) is 11.5 Å². The molecular formula is C29H31N5O3S. The maximum Gasteiger partial charge on any atom is 0.159 e. The number of rotatable bonds is 9. The summed E-state index contributed by atoms with van der Waals surface area (Å²) >= 11 is 1.85. The molecule has 9 heteroatoms. The van der Waals surface area contributed by atoms with Crippen LogP contribution in [0.1, 0.15) is 16.1 Å². The zero-order chi connectivity index (χ0) is 25.9. The molecule has 1 aliphatic rings. The van der Waals surface area contributed by atoms with Gasteiger partial charge in [-0.3, -0.25) is 10.00 Å². The van der Waals surface area contributed by atoms with E-state index in [1.54, 1.807) is 14.2 Å². The SMILES string of the molecule is COc1cc(CCc2cc(-c3nc4cc(-c5ccc(CN6CCOCC6)s5)ccc4[nH]3)n[nH]2)cc(OC)c1. The molecule has 0 bridgehead atoms. The molecule has 0 spiro atoms. The van der Waals surface area contributed by atoms with Crippen LogP contribution in [-0.2, 0) is 24.1 Å². The van der Waals surface area contributed by atoms with E-state index in [4.69, 9.17) is 19.2 Å². The molecule has 8 nitrogen and oxygen atoms in total. The maximum absolute atomic E-state index is 5.47. The summed E-state index contributed by atoms with van der Waals surface area (Å²) in [7, 11) is 3.33. The van der Waals surface area contributed by atoms with E-state index in [9.17, 15) is 0 Å². The Balaban J connectivity index is 1.15. The van der Waals surface area contributed by atoms with Crippen LogP contribution in [0.4, 0.5) is 0 Å². The number of thiophene rings is 1. The minimum Gasteiger partial charge on any atom is -0.497 e. The van der Waals surface area contributed by atoms with Crippen molar-refractivity contribution in [3.05, 3.63) is 70.7 Å². The van der Waals surface area contributed by atoms with E-state index in [1.165, 1.54) is 15.3 Å². The summed E-state index contributed by atoms with van der Waals surface area (Å²) in [5, 5.41) is 7.69. The number of hydrogen-bond acceptors (Lipinski definition) is 7. The minimum absolute atomic E-state index is 0.766. The fourth-order valence-electron chi connectivity index (χ4n) is 4.78. The number of imidazole rings is 1. The first kappa shape index (κ1) is 24.7. The van der Waals surface area contributed by atoms with Crippen LogP contribution in [0.25, 0.3) is 33.0 Å². The van der Waals surface area contributed by atoms with Crippen LogP contribution in [0.2, 0.25) is 0 Å². The maximum atomic E-state index is 5.47. The van der Waals surface area contributed by atoms with Crippen molar-refractivity contribution in [1.82, 2.24) is 25.1 Å². The summed E-state index contributed by atoms with van der Waals surface area (Å²) in [6.07, 6.45) is 1.66. The third kappa shape index (κ3) is 5.45. The van der Waals surface area contributed by atoms with E-state index >= 15 is 0 Å². The largest absolute Gasteiger partial charge is 0.497 e. The molecular weight excluding hydrogens is 498 g/mol. The quantitative estimate of drug-likeness (QED) is 0.269. The summed E-state index contributed by atoms with van der Waals surface area (Å²) in [5.74, 6) is 2.35. The lowest BCUT2D eigenvalue weighted by Crippen LogP contribution is -2.35. The Hall–Kier alpha value is -3.66. The van der Waals surface area contributed by atoms with Crippen molar-refractivity contribution in [2.75, 3.05) is 40.5 Å². The van der Waals surface area contributed by atoms with Gasteiger partial charge in [-0.05, 0) is 66.4 Å². The minimum atomic E-state index is 0.766. The monoisotopic (exact) mass is 529 g/mol. The Labute approximate surface area is 225 Å². The molecule has 1 aliphatic heterocycles. The number of hydrogen-bond donors (Lipinski definition) is 2. The fraction of sp³-hybridized carbons (Fsp3) is 0.310. The second-order valence-electron chi connectivity index (χ2n) is 9.47. The molecule has 0 saturated carbocycles. The van der Waals surface area contributed by atoms with Crippen molar-refractivity contribution in [2.45, 2.75) is 19.4 Å². The van der Waals surface area contributed by atoms with Crippen LogP contribution in [0.3, 0.4) is 0 Å². The first-order valence-corrected chi connectivity index (χ1v) is 13.6. The molecule has 5 aromatic rings. The van der Waals surface area contributed by atoms with Gasteiger partial charge in [-0.1, -0.05) is 6.07 Å². The predicted molar refractivity (Wildman–Crippen MR) is 150 cm³/mol. The van der Waals surface area contributed by atoms with E-state index in [-0.39, 0.29) is 0 Å². The van der Waals surface area contributed by atoms with Gasteiger partial charge in [-0.2, -0.15) is 5.10 Å². The van der Waals surface area contributed by atoms with Gasteiger partial charge in [0.1, 0.15) is 17.2 Å². The van der Waals surface area contributed by atoms with E-state index in [0.717, 1.165) is 91.0 Å². The third-order valence-electron chi connectivity index (χ3n) is 6.88. The van der Waals surface area contributed by atoms with Crippen LogP contribution in [0.15, 0.2) is 54.6 Å². The molecule has 0 aliphatic carbocycles. The lowest BCUT2D eigenvalue weighted by atomic mass is 10.1. The van der Waals surface area contributed by atoms with Crippen molar-refractivity contribution in [1.29, 1.82) is 0 Å². The van der Waals surface area contributed by atoms with Gasteiger partial charge in [-0.25, -0.2) is 4.98 Å². The number of nitrogens with one attached hydrogen (secondary N) is 2. The van der Waals surface area contributed by atoms with Crippen LogP contribution in [-0.4, -0.2) is 65.6 Å². The molecule has 0 amide bonds. The number of morpholine rings is 1. The number of methoxy groups -OCH3 is 2. The summed E-state index contributed by atoms with van der Waals surface area (Å²) in [6, 6.07) is 18.9. The Morgan fingerprint density at radius 2 is 1.76 bits per heavy atom. The highest BCUT2D eigenvalue weighted by Crippen LogP contribution is 2.32. The summed E-state index contributed by atoms with van der Waals surface area (Å²) < 4.78 is 16.3. The lowest BCUT2D eigenvalue weighted by Gasteiger charge is -2.25. The molecule has 2 N–H and O–H groups in total. The first-order valence-electron chi connectivity index (χ1n) is 12.8. The highest BCUT2D eigenvalue weighted by Gasteiger charge is 2.14. The number of aromatic amines is 2. The molecule has 196 valence electrons. The Morgan fingerprint density at radius 1 is 0.947 bits per heavy atom. The van der Waals surface area contributed by atoms with Gasteiger partial charge in [0.2, 0.25) is 0 Å². The smallest absolute Gasteiger partial charge is 0.159 e. The molecule has 2 aromatic carbocycles. The van der Waals surface area contributed by atoms with Crippen molar-refractivity contribution in [3.8, 4) is 33.5 Å². The van der Waals surface area contributed by atoms with Gasteiger partial charge in [0, 0.05) is 41.1 Å². The standard InChI is InChI=1S/C29H31N5O3S/c1-35-22-13-19(14-23(17-22)36-2)3-5-21-16-27(33-32-21)29-30-25-7-4-20(15-26(25)31-29)28-8-6-24(38-28)18-34-9-11-37-12-10-34/h4,6-8,13-17H,3,5,9-12,18H2,1-2H3,(H,30,31)(H,32,33). The second-order valence-corrected chi connectivity index (χ2v) is 10.6. The van der Waals surface area contributed by atoms with Gasteiger partial charge in [0.25, 0.3) is 0 Å². The second kappa shape index (κ2) is 11.0. The molecule has 0 radical (unpaired) electrons. The Bertz CT molecular complexity index is 1510. The van der Waals surface area contributed by atoms with Crippen molar-refractivity contribution >= 4 is 22.4 Å². The number of ether oxygens (including phenoxy) is 3. The van der Waals surface area contributed by atoms with Gasteiger partial charge < -0.3 is 19.2 Å². The lowest BCUT2D eigenvalue weighted by molar-refractivity contribution is 0.0346. The Morgan fingerprint density at radius 3 is 2.55 bits per heavy atom. The van der Waals surface area contributed by atoms with Crippen molar-refractivity contribution in [3.63, 3.8) is 0 Å². The molecule has 0 unspecified atom stereocenters. The normalized spacial score (nSPS) is 14.3. The third-order valence-corrected chi connectivity index (χ3v) is 8.00. The highest BCUT2D eigenvalue weighted by molar-refractivity contribution is 7.15. The van der Waals surface area contributed by atoms with Crippen LogP contribution in [0, 0.1) is 0 Å². The number of fused-ring (bicyclic) bond motifs is 1. The number of nitrogens with zero attached hydrogens (tertiary/aromatic N) is 3. The molecule has 38 heavy (non-hydrogen) atoms. The summed E-state index contributed by atoms with van der Waals surface area (Å²) in [5.41, 5.74) is 6.13. The summed E-state index contributed by atoms with van der Waals surface area (Å²) in [4.78, 5) is 13.4. The van der Waals surface area contributed by atoms with E-state index in [0.29, 0.717) is 0 Å². The molecule has 6 rings (SSSR count). The number of H-pyrrole nitrogens is 2. The molecule has 4 heterocycles. The number of benzene rings is 2. The molecule has 1 fully saturated rings. The fourth-order valence-corrected chi connectivity index (χ4v) is 5.83. The zero-order valence-corrected chi connectivity index (χ0v) is 22.4. The molecule has 0 atom stereocenters. The predicted octanol–water partition coefficient (Wildman–Crippen LogP) is 5.32. The van der Waals surface area contributed by atoms with Gasteiger partial charge in [0.15, 0.2) is 5.82 Å². The van der Waals surface area contributed by atoms with Gasteiger partial charge >= 0.3 is 0 Å². The first-order chi connectivity index (χ1) is 18.7. The molecule has 1 saturated heterocycles. The van der Waals surface area contributed by atoms with Gasteiger partial charge in [0.05, 0.1) is 38.5 Å². The van der Waals surface area contributed by atoms with Crippen molar-refractivity contribution < 1.29 is 14.2 Å². The van der Waals surface area contributed by atoms with Crippen LogP contribution < -0.4 is 9.47 Å². The van der Waals surface area contributed by atoms with E-state index in [2.05, 4.69) is 56.5 Å². The van der Waals surface area contributed by atoms with Crippen LogP contribution >= 0.6 is 11.3 Å². The Kier molecular flexibility index (Phi) is 7.13. The number of aryl methyl sites for hydroxylation is 2. The average molecular weight is 530 g/mol. The van der Waals surface area contributed by atoms with Crippen molar-refractivity contribution in [2.24, 2.45) is 0 Å². The van der Waals surface area contributed by atoms with E-state index in [1.807, 2.05) is 29.5 Å².